The van der Waals surface area contributed by atoms with Crippen molar-refractivity contribution in [3.8, 4) is 0 Å². The molecule has 0 aliphatic rings. The van der Waals surface area contributed by atoms with Crippen LogP contribution in [0.4, 0.5) is 0 Å². The lowest BCUT2D eigenvalue weighted by Crippen LogP contribution is -2.47. The number of amides is 2. The second-order valence-electron chi connectivity index (χ2n) is 6.54. The molecule has 2 aromatic rings. The number of benzene rings is 2. The van der Waals surface area contributed by atoms with Gasteiger partial charge >= 0.3 is 0 Å². The third-order valence-corrected chi connectivity index (χ3v) is 6.05. The maximum atomic E-state index is 12.9. The van der Waals surface area contributed by atoms with E-state index in [2.05, 4.69) is 11.4 Å². The van der Waals surface area contributed by atoms with E-state index in [9.17, 15) is 9.59 Å². The second kappa shape index (κ2) is 10.7. The van der Waals surface area contributed by atoms with Crippen molar-refractivity contribution >= 4 is 46.8 Å². The Labute approximate surface area is 180 Å². The molecular weight excluding hydrogens is 415 g/mol. The maximum Gasteiger partial charge on any atom is 0.242 e. The van der Waals surface area contributed by atoms with Crippen LogP contribution in [0.25, 0.3) is 0 Å². The lowest BCUT2D eigenvalue weighted by atomic mass is 10.1. The fourth-order valence-corrected chi connectivity index (χ4v) is 3.95. The number of nitrogens with one attached hydrogen (secondary N) is 1. The lowest BCUT2D eigenvalue weighted by Gasteiger charge is -2.28. The molecule has 0 aliphatic carbocycles. The molecule has 0 fully saturated rings. The molecular formula is C21H24Cl2N2O2S. The van der Waals surface area contributed by atoms with E-state index < -0.39 is 6.04 Å². The van der Waals surface area contributed by atoms with Crippen LogP contribution in [0.2, 0.25) is 10.0 Å². The molecule has 0 unspecified atom stereocenters. The Kier molecular flexibility index (Phi) is 8.67. The summed E-state index contributed by atoms with van der Waals surface area (Å²) in [6.45, 7) is 4.05. The number of rotatable bonds is 8. The molecule has 2 amide bonds. The first kappa shape index (κ1) is 22.6. The molecule has 2 aromatic carbocycles. The average molecular weight is 439 g/mol. The fourth-order valence-electron chi connectivity index (χ4n) is 2.77. The number of hydrogen-bond acceptors (Lipinski definition) is 3. The van der Waals surface area contributed by atoms with Gasteiger partial charge < -0.3 is 10.2 Å². The lowest BCUT2D eigenvalue weighted by molar-refractivity contribution is -0.138. The van der Waals surface area contributed by atoms with E-state index in [0.717, 1.165) is 11.3 Å². The minimum Gasteiger partial charge on any atom is -0.357 e. The summed E-state index contributed by atoms with van der Waals surface area (Å²) in [5, 5.41) is 3.49. The number of halogens is 2. The van der Waals surface area contributed by atoms with Gasteiger partial charge in [0.15, 0.2) is 0 Å². The van der Waals surface area contributed by atoms with Gasteiger partial charge in [0, 0.05) is 19.3 Å². The van der Waals surface area contributed by atoms with Crippen LogP contribution in [0, 0.1) is 6.92 Å². The zero-order chi connectivity index (χ0) is 20.7. The molecule has 0 bridgehead atoms. The normalized spacial score (nSPS) is 11.8. The summed E-state index contributed by atoms with van der Waals surface area (Å²) >= 11 is 13.6. The molecule has 7 heteroatoms. The molecule has 4 nitrogen and oxygen atoms in total. The van der Waals surface area contributed by atoms with Gasteiger partial charge in [-0.15, -0.1) is 11.8 Å². The van der Waals surface area contributed by atoms with Crippen LogP contribution in [-0.4, -0.2) is 35.6 Å². The van der Waals surface area contributed by atoms with E-state index in [0.29, 0.717) is 10.0 Å². The van der Waals surface area contributed by atoms with E-state index in [1.54, 1.807) is 31.0 Å². The third-order valence-electron chi connectivity index (χ3n) is 4.33. The van der Waals surface area contributed by atoms with Crippen LogP contribution in [-0.2, 0) is 21.9 Å². The Morgan fingerprint density at radius 2 is 1.86 bits per heavy atom. The highest BCUT2D eigenvalue weighted by atomic mass is 35.5. The Balaban J connectivity index is 2.07. The van der Waals surface area contributed by atoms with Crippen LogP contribution in [0.5, 0.6) is 0 Å². The Bertz CT molecular complexity index is 845. The molecule has 0 radical (unpaired) electrons. The van der Waals surface area contributed by atoms with Gasteiger partial charge in [-0.05, 0) is 37.1 Å². The Morgan fingerprint density at radius 1 is 1.11 bits per heavy atom. The highest BCUT2D eigenvalue weighted by Crippen LogP contribution is 2.24. The molecule has 150 valence electrons. The number of carbonyl (C=O) groups excluding carboxylic acids is 2. The molecule has 2 rings (SSSR count). The van der Waals surface area contributed by atoms with Crippen molar-refractivity contribution in [2.75, 3.05) is 12.8 Å². The molecule has 0 saturated carbocycles. The minimum absolute atomic E-state index is 0.0974. The first-order chi connectivity index (χ1) is 13.3. The van der Waals surface area contributed by atoms with Gasteiger partial charge in [0.05, 0.1) is 15.8 Å². The third kappa shape index (κ3) is 6.43. The summed E-state index contributed by atoms with van der Waals surface area (Å²) in [5.74, 6) is 0.718. The van der Waals surface area contributed by atoms with Crippen LogP contribution in [0.15, 0.2) is 42.5 Å². The van der Waals surface area contributed by atoms with E-state index in [-0.39, 0.29) is 24.1 Å². The predicted octanol–water partition coefficient (Wildman–Crippen LogP) is 4.70. The zero-order valence-electron chi connectivity index (χ0n) is 16.2. The quantitative estimate of drug-likeness (QED) is 0.649. The summed E-state index contributed by atoms with van der Waals surface area (Å²) in [7, 11) is 1.56. The van der Waals surface area contributed by atoms with E-state index in [4.69, 9.17) is 23.2 Å². The highest BCUT2D eigenvalue weighted by molar-refractivity contribution is 7.99. The Hall–Kier alpha value is -1.69. The first-order valence-corrected chi connectivity index (χ1v) is 10.8. The molecule has 0 aliphatic heterocycles. The van der Waals surface area contributed by atoms with Gasteiger partial charge in [-0.2, -0.15) is 0 Å². The molecule has 0 spiro atoms. The number of carbonyl (C=O) groups is 2. The number of likely N-dealkylation sites (N-methyl/N-ethyl adjacent to an activating group) is 1. The summed E-state index contributed by atoms with van der Waals surface area (Å²) in [6.07, 6.45) is 0. The van der Waals surface area contributed by atoms with Crippen molar-refractivity contribution in [1.82, 2.24) is 10.2 Å². The van der Waals surface area contributed by atoms with Gasteiger partial charge in [-0.1, -0.05) is 59.1 Å². The SMILES string of the molecule is CNC(=O)[C@H](C)N(Cc1ccc(Cl)c(Cl)c1)C(=O)CSCc1cccc(C)c1. The highest BCUT2D eigenvalue weighted by Gasteiger charge is 2.25. The van der Waals surface area contributed by atoms with Crippen molar-refractivity contribution in [2.24, 2.45) is 0 Å². The number of thioether (sulfide) groups is 1. The smallest absolute Gasteiger partial charge is 0.242 e. The van der Waals surface area contributed by atoms with E-state index in [1.807, 2.05) is 31.2 Å². The zero-order valence-corrected chi connectivity index (χ0v) is 18.5. The van der Waals surface area contributed by atoms with Gasteiger partial charge in [0.25, 0.3) is 0 Å². The summed E-state index contributed by atoms with van der Waals surface area (Å²) < 4.78 is 0. The molecule has 1 N–H and O–H groups in total. The molecule has 0 heterocycles. The maximum absolute atomic E-state index is 12.9. The van der Waals surface area contributed by atoms with E-state index in [1.165, 1.54) is 22.9 Å². The van der Waals surface area contributed by atoms with Crippen LogP contribution >= 0.6 is 35.0 Å². The second-order valence-corrected chi connectivity index (χ2v) is 8.34. The van der Waals surface area contributed by atoms with Crippen molar-refractivity contribution in [1.29, 1.82) is 0 Å². The van der Waals surface area contributed by atoms with Crippen molar-refractivity contribution in [3.05, 3.63) is 69.2 Å². The largest absolute Gasteiger partial charge is 0.357 e. The molecule has 0 aromatic heterocycles. The van der Waals surface area contributed by atoms with Gasteiger partial charge in [-0.25, -0.2) is 0 Å². The molecule has 1 atom stereocenters. The molecule has 28 heavy (non-hydrogen) atoms. The predicted molar refractivity (Wildman–Crippen MR) is 118 cm³/mol. The fraction of sp³-hybridized carbons (Fsp3) is 0.333. The van der Waals surface area contributed by atoms with Gasteiger partial charge in [0.1, 0.15) is 6.04 Å². The monoisotopic (exact) mass is 438 g/mol. The molecule has 0 saturated heterocycles. The number of aryl methyl sites for hydroxylation is 1. The van der Waals surface area contributed by atoms with E-state index >= 15 is 0 Å². The average Bonchev–Trinajstić information content (AvgIpc) is 2.67. The van der Waals surface area contributed by atoms with Crippen molar-refractivity contribution in [3.63, 3.8) is 0 Å². The minimum atomic E-state index is -0.591. The first-order valence-electron chi connectivity index (χ1n) is 8.90. The summed E-state index contributed by atoms with van der Waals surface area (Å²) in [5.41, 5.74) is 3.19. The number of nitrogens with zero attached hydrogens (tertiary/aromatic N) is 1. The number of hydrogen-bond donors (Lipinski definition) is 1. The standard InChI is InChI=1S/C21H24Cl2N2O2S/c1-14-5-4-6-17(9-14)12-28-13-20(26)25(15(2)21(27)24-3)11-16-7-8-18(22)19(23)10-16/h4-10,15H,11-13H2,1-3H3,(H,24,27)/t15-/m0/s1. The van der Waals surface area contributed by atoms with Crippen LogP contribution < -0.4 is 5.32 Å². The summed E-state index contributed by atoms with van der Waals surface area (Å²) in [4.78, 5) is 26.6. The van der Waals surface area contributed by atoms with Crippen molar-refractivity contribution in [2.45, 2.75) is 32.2 Å². The Morgan fingerprint density at radius 3 is 2.50 bits per heavy atom. The van der Waals surface area contributed by atoms with Gasteiger partial charge in [0.2, 0.25) is 11.8 Å². The van der Waals surface area contributed by atoms with Crippen LogP contribution in [0.3, 0.4) is 0 Å². The topological polar surface area (TPSA) is 49.4 Å². The van der Waals surface area contributed by atoms with Crippen LogP contribution in [0.1, 0.15) is 23.6 Å². The summed E-state index contributed by atoms with van der Waals surface area (Å²) in [6, 6.07) is 12.8. The van der Waals surface area contributed by atoms with Crippen molar-refractivity contribution < 1.29 is 9.59 Å². The van der Waals surface area contributed by atoms with Gasteiger partial charge in [-0.3, -0.25) is 9.59 Å².